The van der Waals surface area contributed by atoms with Gasteiger partial charge in [-0.25, -0.2) is 8.42 Å². The first-order valence-corrected chi connectivity index (χ1v) is 7.40. The minimum Gasteiger partial charge on any atom is -0.377 e. The molecular weight excluding hydrogens is 214 g/mol. The van der Waals surface area contributed by atoms with E-state index in [-0.39, 0.29) is 11.7 Å². The third-order valence-electron chi connectivity index (χ3n) is 2.90. The number of unbranched alkanes of at least 4 members (excludes halogenated alkanes) is 2. The van der Waals surface area contributed by atoms with Gasteiger partial charge in [-0.15, -0.1) is 0 Å². The highest BCUT2D eigenvalue weighted by Crippen LogP contribution is 2.18. The van der Waals surface area contributed by atoms with E-state index in [4.69, 9.17) is 0 Å². The van der Waals surface area contributed by atoms with Gasteiger partial charge in [-0.1, -0.05) is 19.8 Å². The molecule has 0 radical (unpaired) electrons. The Morgan fingerprint density at radius 2 is 2.20 bits per heavy atom. The van der Waals surface area contributed by atoms with Crippen LogP contribution in [0.4, 0.5) is 0 Å². The monoisotopic (exact) mass is 235 g/mol. The van der Waals surface area contributed by atoms with Crippen LogP contribution in [0.5, 0.6) is 0 Å². The normalized spacial score (nSPS) is 24.3. The second-order valence-corrected chi connectivity index (χ2v) is 6.43. The quantitative estimate of drug-likeness (QED) is 0.659. The van der Waals surface area contributed by atoms with E-state index < -0.39 is 15.3 Å². The minimum atomic E-state index is -3.30. The van der Waals surface area contributed by atoms with E-state index in [1.54, 1.807) is 0 Å². The van der Waals surface area contributed by atoms with E-state index in [0.29, 0.717) is 13.0 Å². The van der Waals surface area contributed by atoms with Crippen LogP contribution in [0.15, 0.2) is 0 Å². The van der Waals surface area contributed by atoms with Crippen molar-refractivity contribution in [1.82, 2.24) is 5.32 Å². The molecule has 1 aliphatic heterocycles. The van der Waals surface area contributed by atoms with Crippen LogP contribution in [0.1, 0.15) is 32.6 Å². The standard InChI is InChI=1S/C10H21NO3S/c1-2-3-4-7-15(13,14)10(12)9-5-6-11-8-9/h9-12H,2-8H2,1H3. The molecule has 0 saturated carbocycles. The van der Waals surface area contributed by atoms with E-state index in [9.17, 15) is 13.5 Å². The summed E-state index contributed by atoms with van der Waals surface area (Å²) in [6, 6.07) is 0. The first kappa shape index (κ1) is 12.9. The molecule has 15 heavy (non-hydrogen) atoms. The molecule has 0 bridgehead atoms. The summed E-state index contributed by atoms with van der Waals surface area (Å²) in [5.74, 6) is 0.00928. The molecule has 2 N–H and O–H groups in total. The number of sulfone groups is 1. The summed E-state index contributed by atoms with van der Waals surface area (Å²) < 4.78 is 23.4. The summed E-state index contributed by atoms with van der Waals surface area (Å²) in [4.78, 5) is 0. The van der Waals surface area contributed by atoms with Gasteiger partial charge in [0, 0.05) is 12.5 Å². The summed E-state index contributed by atoms with van der Waals surface area (Å²) in [6.07, 6.45) is 3.33. The molecule has 2 unspecified atom stereocenters. The van der Waals surface area contributed by atoms with Crippen LogP contribution in [0.3, 0.4) is 0 Å². The van der Waals surface area contributed by atoms with Crippen molar-refractivity contribution in [2.24, 2.45) is 5.92 Å². The molecule has 1 rings (SSSR count). The second kappa shape index (κ2) is 5.82. The van der Waals surface area contributed by atoms with Gasteiger partial charge in [0.15, 0.2) is 15.3 Å². The maximum atomic E-state index is 11.7. The van der Waals surface area contributed by atoms with Gasteiger partial charge in [-0.2, -0.15) is 0 Å². The predicted octanol–water partition coefficient (Wildman–Crippen LogP) is 0.519. The van der Waals surface area contributed by atoms with Crippen LogP contribution in [-0.2, 0) is 9.84 Å². The number of hydrogen-bond acceptors (Lipinski definition) is 4. The summed E-state index contributed by atoms with van der Waals surface area (Å²) in [7, 11) is -3.30. The van der Waals surface area contributed by atoms with Crippen molar-refractivity contribution >= 4 is 9.84 Å². The van der Waals surface area contributed by atoms with Gasteiger partial charge in [-0.3, -0.25) is 0 Å². The van der Waals surface area contributed by atoms with Crippen LogP contribution >= 0.6 is 0 Å². The maximum absolute atomic E-state index is 11.7. The molecular formula is C10H21NO3S. The smallest absolute Gasteiger partial charge is 0.177 e. The fourth-order valence-electron chi connectivity index (χ4n) is 1.89. The molecule has 0 aromatic rings. The van der Waals surface area contributed by atoms with Gasteiger partial charge >= 0.3 is 0 Å². The number of aliphatic hydroxyl groups is 1. The predicted molar refractivity (Wildman–Crippen MR) is 60.3 cm³/mol. The lowest BCUT2D eigenvalue weighted by Crippen LogP contribution is -2.32. The number of rotatable bonds is 6. The first-order valence-electron chi connectivity index (χ1n) is 5.68. The van der Waals surface area contributed by atoms with Crippen LogP contribution in [-0.4, -0.2) is 37.8 Å². The van der Waals surface area contributed by atoms with Crippen molar-refractivity contribution in [1.29, 1.82) is 0 Å². The zero-order valence-electron chi connectivity index (χ0n) is 9.28. The van der Waals surface area contributed by atoms with Crippen LogP contribution in [0.2, 0.25) is 0 Å². The maximum Gasteiger partial charge on any atom is 0.177 e. The number of nitrogens with one attached hydrogen (secondary N) is 1. The van der Waals surface area contributed by atoms with E-state index in [1.807, 2.05) is 6.92 Å². The molecule has 0 amide bonds. The summed E-state index contributed by atoms with van der Waals surface area (Å²) in [5, 5.41) is 12.8. The van der Waals surface area contributed by atoms with E-state index >= 15 is 0 Å². The van der Waals surface area contributed by atoms with E-state index in [0.717, 1.165) is 25.8 Å². The molecule has 0 aromatic heterocycles. The summed E-state index contributed by atoms with van der Waals surface area (Å²) >= 11 is 0. The van der Waals surface area contributed by atoms with Crippen LogP contribution in [0, 0.1) is 5.92 Å². The second-order valence-electron chi connectivity index (χ2n) is 4.22. The fraction of sp³-hybridized carbons (Fsp3) is 1.00. The Labute approximate surface area is 92.0 Å². The van der Waals surface area contributed by atoms with Crippen molar-refractivity contribution in [2.75, 3.05) is 18.8 Å². The van der Waals surface area contributed by atoms with Crippen molar-refractivity contribution in [3.63, 3.8) is 0 Å². The van der Waals surface area contributed by atoms with Gasteiger partial charge in [0.2, 0.25) is 0 Å². The van der Waals surface area contributed by atoms with E-state index in [2.05, 4.69) is 5.32 Å². The molecule has 1 aliphatic rings. The highest BCUT2D eigenvalue weighted by atomic mass is 32.2. The Morgan fingerprint density at radius 3 is 2.73 bits per heavy atom. The topological polar surface area (TPSA) is 66.4 Å². The molecule has 0 aromatic carbocycles. The summed E-state index contributed by atoms with van der Waals surface area (Å²) in [5.41, 5.74) is -1.16. The zero-order valence-corrected chi connectivity index (χ0v) is 10.1. The van der Waals surface area contributed by atoms with Gasteiger partial charge < -0.3 is 10.4 Å². The molecule has 5 heteroatoms. The third-order valence-corrected chi connectivity index (χ3v) is 4.88. The highest BCUT2D eigenvalue weighted by Gasteiger charge is 2.32. The minimum absolute atomic E-state index is 0.114. The largest absolute Gasteiger partial charge is 0.377 e. The van der Waals surface area contributed by atoms with Gasteiger partial charge in [0.05, 0.1) is 5.75 Å². The third kappa shape index (κ3) is 3.74. The Kier molecular flexibility index (Phi) is 5.02. The summed E-state index contributed by atoms with van der Waals surface area (Å²) in [6.45, 7) is 3.46. The van der Waals surface area contributed by atoms with Crippen LogP contribution < -0.4 is 5.32 Å². The number of hydrogen-bond donors (Lipinski definition) is 2. The first-order chi connectivity index (χ1) is 7.08. The Hall–Kier alpha value is -0.130. The molecule has 1 fully saturated rings. The molecule has 0 spiro atoms. The van der Waals surface area contributed by atoms with Gasteiger partial charge in [-0.05, 0) is 19.4 Å². The Bertz CT molecular complexity index is 270. The SMILES string of the molecule is CCCCCS(=O)(=O)C(O)C1CCNC1. The lowest BCUT2D eigenvalue weighted by Gasteiger charge is -2.17. The molecule has 0 aliphatic carbocycles. The highest BCUT2D eigenvalue weighted by molar-refractivity contribution is 7.91. The zero-order chi connectivity index (χ0) is 11.3. The lowest BCUT2D eigenvalue weighted by molar-refractivity contribution is 0.189. The molecule has 2 atom stereocenters. The van der Waals surface area contributed by atoms with Gasteiger partial charge in [0.25, 0.3) is 0 Å². The molecule has 1 heterocycles. The van der Waals surface area contributed by atoms with E-state index in [1.165, 1.54) is 0 Å². The average Bonchev–Trinajstić information content (AvgIpc) is 2.69. The molecule has 4 nitrogen and oxygen atoms in total. The Morgan fingerprint density at radius 1 is 1.47 bits per heavy atom. The lowest BCUT2D eigenvalue weighted by atomic mass is 10.1. The average molecular weight is 235 g/mol. The Balaban J connectivity index is 2.44. The van der Waals surface area contributed by atoms with Crippen molar-refractivity contribution in [2.45, 2.75) is 38.0 Å². The van der Waals surface area contributed by atoms with Crippen molar-refractivity contribution in [3.05, 3.63) is 0 Å². The van der Waals surface area contributed by atoms with Crippen LogP contribution in [0.25, 0.3) is 0 Å². The molecule has 1 saturated heterocycles. The van der Waals surface area contributed by atoms with Gasteiger partial charge in [0.1, 0.15) is 0 Å². The number of aliphatic hydroxyl groups excluding tert-OH is 1. The van der Waals surface area contributed by atoms with Crippen molar-refractivity contribution < 1.29 is 13.5 Å². The van der Waals surface area contributed by atoms with Crippen molar-refractivity contribution in [3.8, 4) is 0 Å². The molecule has 90 valence electrons. The fourth-order valence-corrected chi connectivity index (χ4v) is 3.55.